The molecule has 1 amide bonds. The second-order valence-corrected chi connectivity index (χ2v) is 8.39. The van der Waals surface area contributed by atoms with Gasteiger partial charge in [0.2, 0.25) is 16.0 Å². The fourth-order valence-corrected chi connectivity index (χ4v) is 3.72. The number of aryl methyl sites for hydroxylation is 1. The van der Waals surface area contributed by atoms with Crippen molar-refractivity contribution in [2.24, 2.45) is 7.05 Å². The average Bonchev–Trinajstić information content (AvgIpc) is 3.02. The van der Waals surface area contributed by atoms with E-state index in [2.05, 4.69) is 19.9 Å². The van der Waals surface area contributed by atoms with Gasteiger partial charge >= 0.3 is 0 Å². The van der Waals surface area contributed by atoms with Crippen LogP contribution in [0.1, 0.15) is 23.2 Å². The maximum absolute atomic E-state index is 13.6. The first kappa shape index (κ1) is 19.2. The normalized spacial score (nSPS) is 15.6. The molecule has 1 aromatic heterocycles. The number of imidazole rings is 1. The number of amides is 1. The van der Waals surface area contributed by atoms with Gasteiger partial charge in [-0.15, -0.1) is 0 Å². The Balaban J connectivity index is 1.66. The van der Waals surface area contributed by atoms with Crippen molar-refractivity contribution in [3.8, 4) is 0 Å². The van der Waals surface area contributed by atoms with E-state index in [1.54, 1.807) is 6.20 Å². The van der Waals surface area contributed by atoms with Crippen LogP contribution in [-0.2, 0) is 17.1 Å². The summed E-state index contributed by atoms with van der Waals surface area (Å²) in [5.41, 5.74) is 0.0220. The molecule has 0 atom stereocenters. The van der Waals surface area contributed by atoms with Crippen LogP contribution in [0.15, 0.2) is 30.6 Å². The minimum Gasteiger partial charge on any atom is -0.349 e. The zero-order chi connectivity index (χ0) is 19.6. The van der Waals surface area contributed by atoms with Gasteiger partial charge in [-0.3, -0.25) is 9.52 Å². The highest BCUT2D eigenvalue weighted by Gasteiger charge is 2.24. The number of nitrogens with zero attached hydrogens (tertiary/aromatic N) is 3. The first-order chi connectivity index (χ1) is 12.7. The Bertz CT molecular complexity index is 936. The molecule has 0 bridgehead atoms. The van der Waals surface area contributed by atoms with E-state index in [1.807, 2.05) is 17.8 Å². The third-order valence-corrected chi connectivity index (χ3v) is 5.02. The maximum Gasteiger partial charge on any atom is 0.253 e. The number of carbonyl (C=O) groups is 1. The lowest BCUT2D eigenvalue weighted by Gasteiger charge is -2.33. The molecule has 0 saturated carbocycles. The van der Waals surface area contributed by atoms with Crippen molar-refractivity contribution in [1.82, 2.24) is 14.9 Å². The monoisotopic (exact) mass is 395 g/mol. The van der Waals surface area contributed by atoms with Gasteiger partial charge in [0, 0.05) is 38.6 Å². The van der Waals surface area contributed by atoms with Crippen molar-refractivity contribution < 1.29 is 17.6 Å². The lowest BCUT2D eigenvalue weighted by molar-refractivity contribution is 0.0931. The van der Waals surface area contributed by atoms with Gasteiger partial charge in [-0.1, -0.05) is 0 Å². The van der Waals surface area contributed by atoms with Crippen molar-refractivity contribution in [3.05, 3.63) is 42.0 Å². The molecule has 1 saturated heterocycles. The number of sulfonamides is 1. The standard InChI is InChI=1S/C17H22FN5O3S/c1-22-10-7-19-17(22)23-8-5-13(6-9-23)20-16(24)14-11-12(18)3-4-15(14)21-27(2,25)26/h3-4,7,10-11,13,21H,5-6,8-9H2,1-2H3,(H,20,24). The second kappa shape index (κ2) is 7.55. The van der Waals surface area contributed by atoms with Crippen LogP contribution in [0.25, 0.3) is 0 Å². The third-order valence-electron chi connectivity index (χ3n) is 4.43. The van der Waals surface area contributed by atoms with Gasteiger partial charge in [-0.25, -0.2) is 17.8 Å². The number of nitrogens with one attached hydrogen (secondary N) is 2. The second-order valence-electron chi connectivity index (χ2n) is 6.64. The fraction of sp³-hybridized carbons (Fsp3) is 0.412. The Hall–Kier alpha value is -2.62. The number of anilines is 2. The van der Waals surface area contributed by atoms with Crippen LogP contribution in [0.5, 0.6) is 0 Å². The molecule has 2 heterocycles. The molecular formula is C17H22FN5O3S. The number of hydrogen-bond donors (Lipinski definition) is 2. The summed E-state index contributed by atoms with van der Waals surface area (Å²) >= 11 is 0. The summed E-state index contributed by atoms with van der Waals surface area (Å²) < 4.78 is 40.7. The number of halogens is 1. The number of piperidine rings is 1. The van der Waals surface area contributed by atoms with Gasteiger partial charge in [0.25, 0.3) is 5.91 Å². The smallest absolute Gasteiger partial charge is 0.253 e. The topological polar surface area (TPSA) is 96.3 Å². The molecule has 1 fully saturated rings. The molecule has 27 heavy (non-hydrogen) atoms. The molecule has 1 aliphatic rings. The summed E-state index contributed by atoms with van der Waals surface area (Å²) in [6.07, 6.45) is 6.02. The summed E-state index contributed by atoms with van der Waals surface area (Å²) in [5.74, 6) is -0.232. The third kappa shape index (κ3) is 4.76. The molecule has 0 aliphatic carbocycles. The van der Waals surface area contributed by atoms with Crippen LogP contribution >= 0.6 is 0 Å². The van der Waals surface area contributed by atoms with E-state index < -0.39 is 21.7 Å². The Kier molecular flexibility index (Phi) is 5.36. The Morgan fingerprint density at radius 3 is 2.59 bits per heavy atom. The largest absolute Gasteiger partial charge is 0.349 e. The van der Waals surface area contributed by atoms with Crippen LogP contribution < -0.4 is 14.9 Å². The lowest BCUT2D eigenvalue weighted by Crippen LogP contribution is -2.45. The molecule has 146 valence electrons. The van der Waals surface area contributed by atoms with Gasteiger partial charge in [0.1, 0.15) is 5.82 Å². The number of benzene rings is 1. The van der Waals surface area contributed by atoms with Crippen molar-refractivity contribution in [3.63, 3.8) is 0 Å². The first-order valence-electron chi connectivity index (χ1n) is 8.53. The quantitative estimate of drug-likeness (QED) is 0.796. The summed E-state index contributed by atoms with van der Waals surface area (Å²) in [6, 6.07) is 3.31. The lowest BCUT2D eigenvalue weighted by atomic mass is 10.0. The molecule has 0 unspecified atom stereocenters. The van der Waals surface area contributed by atoms with Crippen molar-refractivity contribution in [2.45, 2.75) is 18.9 Å². The molecular weight excluding hydrogens is 373 g/mol. The van der Waals surface area contributed by atoms with E-state index in [1.165, 1.54) is 6.07 Å². The minimum absolute atomic E-state index is 0.0352. The number of rotatable bonds is 5. The zero-order valence-corrected chi connectivity index (χ0v) is 16.0. The molecule has 3 rings (SSSR count). The Morgan fingerprint density at radius 1 is 1.30 bits per heavy atom. The van der Waals surface area contributed by atoms with Gasteiger partial charge in [0.05, 0.1) is 17.5 Å². The van der Waals surface area contributed by atoms with Crippen LogP contribution in [0.4, 0.5) is 16.0 Å². The molecule has 0 radical (unpaired) electrons. The molecule has 2 N–H and O–H groups in total. The predicted octanol–water partition coefficient (Wildman–Crippen LogP) is 1.33. The highest BCUT2D eigenvalue weighted by molar-refractivity contribution is 7.92. The number of carbonyl (C=O) groups excluding carboxylic acids is 1. The molecule has 10 heteroatoms. The van der Waals surface area contributed by atoms with Crippen LogP contribution in [0.3, 0.4) is 0 Å². The van der Waals surface area contributed by atoms with Crippen molar-refractivity contribution in [2.75, 3.05) is 29.0 Å². The van der Waals surface area contributed by atoms with Crippen molar-refractivity contribution >= 4 is 27.6 Å². The van der Waals surface area contributed by atoms with E-state index in [-0.39, 0.29) is 17.3 Å². The molecule has 0 spiro atoms. The van der Waals surface area contributed by atoms with Crippen LogP contribution in [-0.4, -0.2) is 49.3 Å². The first-order valence-corrected chi connectivity index (χ1v) is 10.4. The Morgan fingerprint density at radius 2 is 2.00 bits per heavy atom. The van der Waals surface area contributed by atoms with Crippen LogP contribution in [0, 0.1) is 5.82 Å². The van der Waals surface area contributed by atoms with E-state index in [9.17, 15) is 17.6 Å². The highest BCUT2D eigenvalue weighted by atomic mass is 32.2. The molecule has 1 aromatic carbocycles. The fourth-order valence-electron chi connectivity index (χ4n) is 3.14. The van der Waals surface area contributed by atoms with Gasteiger partial charge in [-0.2, -0.15) is 0 Å². The molecule has 2 aromatic rings. The SMILES string of the molecule is Cn1ccnc1N1CCC(NC(=O)c2cc(F)ccc2NS(C)(=O)=O)CC1. The number of aromatic nitrogens is 2. The van der Waals surface area contributed by atoms with Crippen LogP contribution in [0.2, 0.25) is 0 Å². The van der Waals surface area contributed by atoms with Crippen molar-refractivity contribution in [1.29, 1.82) is 0 Å². The van der Waals surface area contributed by atoms with Gasteiger partial charge in [0.15, 0.2) is 0 Å². The molecule has 8 nitrogen and oxygen atoms in total. The average molecular weight is 395 g/mol. The predicted molar refractivity (Wildman–Crippen MR) is 101 cm³/mol. The Labute approximate surface area is 157 Å². The molecule has 1 aliphatic heterocycles. The van der Waals surface area contributed by atoms with Gasteiger partial charge in [-0.05, 0) is 31.0 Å². The summed E-state index contributed by atoms with van der Waals surface area (Å²) in [4.78, 5) is 19.1. The summed E-state index contributed by atoms with van der Waals surface area (Å²) in [6.45, 7) is 1.46. The summed E-state index contributed by atoms with van der Waals surface area (Å²) in [7, 11) is -1.66. The maximum atomic E-state index is 13.6. The highest BCUT2D eigenvalue weighted by Crippen LogP contribution is 2.21. The van der Waals surface area contributed by atoms with Gasteiger partial charge < -0.3 is 14.8 Å². The number of hydrogen-bond acceptors (Lipinski definition) is 5. The van der Waals surface area contributed by atoms with E-state index in [0.29, 0.717) is 12.8 Å². The zero-order valence-electron chi connectivity index (χ0n) is 15.1. The van der Waals surface area contributed by atoms with E-state index >= 15 is 0 Å². The minimum atomic E-state index is -3.58. The van der Waals surface area contributed by atoms with E-state index in [0.717, 1.165) is 37.4 Å². The summed E-state index contributed by atoms with van der Waals surface area (Å²) in [5, 5.41) is 2.87. The van der Waals surface area contributed by atoms with E-state index in [4.69, 9.17) is 0 Å².